The average Bonchev–Trinajstić information content (AvgIpc) is 2.44. The van der Waals surface area contributed by atoms with Crippen LogP contribution in [-0.4, -0.2) is 31.1 Å². The second-order valence-electron chi connectivity index (χ2n) is 7.01. The number of nitrogens with one attached hydrogen (secondary N) is 1. The summed E-state index contributed by atoms with van der Waals surface area (Å²) in [6.07, 6.45) is 5.44. The molecule has 1 N–H and O–H groups in total. The second-order valence-corrected chi connectivity index (χ2v) is 7.01. The summed E-state index contributed by atoms with van der Waals surface area (Å²) in [5.41, 5.74) is 2.89. The van der Waals surface area contributed by atoms with Gasteiger partial charge >= 0.3 is 0 Å². The highest BCUT2D eigenvalue weighted by Gasteiger charge is 2.13. The minimum absolute atomic E-state index is 0.228. The molecule has 0 bridgehead atoms. The van der Waals surface area contributed by atoms with E-state index in [-0.39, 0.29) is 5.41 Å². The van der Waals surface area contributed by atoms with Crippen LogP contribution in [0.5, 0.6) is 0 Å². The summed E-state index contributed by atoms with van der Waals surface area (Å²) in [6.45, 7) is 11.7. The van der Waals surface area contributed by atoms with Crippen molar-refractivity contribution in [2.24, 2.45) is 0 Å². The molecule has 0 amide bonds. The molecule has 1 aromatic carbocycles. The first kappa shape index (κ1) is 15.4. The van der Waals surface area contributed by atoms with E-state index < -0.39 is 0 Å². The Morgan fingerprint density at radius 2 is 1.85 bits per heavy atom. The number of anilines is 1. The van der Waals surface area contributed by atoms with Gasteiger partial charge in [-0.3, -0.25) is 0 Å². The third-order valence-corrected chi connectivity index (χ3v) is 4.16. The van der Waals surface area contributed by atoms with Crippen molar-refractivity contribution in [2.45, 2.75) is 51.9 Å². The molecule has 1 aromatic rings. The molecule has 0 saturated carbocycles. The van der Waals surface area contributed by atoms with Crippen LogP contribution in [0.3, 0.4) is 0 Å². The molecule has 0 spiro atoms. The van der Waals surface area contributed by atoms with Gasteiger partial charge in [0.15, 0.2) is 0 Å². The van der Waals surface area contributed by atoms with E-state index in [9.17, 15) is 0 Å². The molecule has 1 aliphatic heterocycles. The van der Waals surface area contributed by atoms with E-state index in [1.807, 2.05) is 0 Å². The van der Waals surface area contributed by atoms with Crippen molar-refractivity contribution in [3.8, 4) is 0 Å². The molecule has 1 saturated heterocycles. The van der Waals surface area contributed by atoms with Crippen molar-refractivity contribution in [3.05, 3.63) is 29.8 Å². The van der Waals surface area contributed by atoms with E-state index >= 15 is 0 Å². The largest absolute Gasteiger partial charge is 0.385 e. The van der Waals surface area contributed by atoms with Gasteiger partial charge in [-0.1, -0.05) is 39.3 Å². The van der Waals surface area contributed by atoms with E-state index in [4.69, 9.17) is 0 Å². The zero-order chi connectivity index (χ0) is 14.4. The lowest BCUT2D eigenvalue weighted by atomic mass is 9.87. The molecule has 0 unspecified atom stereocenters. The molecule has 0 aliphatic carbocycles. The van der Waals surface area contributed by atoms with Gasteiger partial charge in [0.05, 0.1) is 0 Å². The number of rotatable bonds is 5. The third kappa shape index (κ3) is 4.82. The Kier molecular flexibility index (Phi) is 5.47. The first-order valence-corrected chi connectivity index (χ1v) is 8.12. The maximum atomic E-state index is 3.57. The number of hydrogen-bond acceptors (Lipinski definition) is 2. The Labute approximate surface area is 124 Å². The molecule has 0 aromatic heterocycles. The molecular formula is C18H30N2. The molecule has 2 heteroatoms. The molecule has 0 atom stereocenters. The van der Waals surface area contributed by atoms with Crippen LogP contribution in [-0.2, 0) is 5.41 Å². The molecule has 2 rings (SSSR count). The zero-order valence-corrected chi connectivity index (χ0v) is 13.4. The Bertz CT molecular complexity index is 400. The minimum Gasteiger partial charge on any atom is -0.385 e. The Morgan fingerprint density at radius 3 is 2.55 bits per heavy atom. The Hall–Kier alpha value is -1.02. The van der Waals surface area contributed by atoms with Crippen LogP contribution in [0.2, 0.25) is 0 Å². The highest BCUT2D eigenvalue weighted by Crippen LogP contribution is 2.24. The summed E-state index contributed by atoms with van der Waals surface area (Å²) in [4.78, 5) is 2.61. The number of piperidine rings is 1. The van der Waals surface area contributed by atoms with Crippen molar-refractivity contribution in [1.29, 1.82) is 0 Å². The molecule has 1 aliphatic rings. The first-order valence-electron chi connectivity index (χ1n) is 8.12. The lowest BCUT2D eigenvalue weighted by Crippen LogP contribution is -2.31. The minimum atomic E-state index is 0.228. The maximum absolute atomic E-state index is 3.57. The van der Waals surface area contributed by atoms with E-state index in [0.717, 1.165) is 6.54 Å². The van der Waals surface area contributed by atoms with Crippen LogP contribution >= 0.6 is 0 Å². The summed E-state index contributed by atoms with van der Waals surface area (Å²) in [5, 5.41) is 3.57. The van der Waals surface area contributed by atoms with Crippen LogP contribution in [0.25, 0.3) is 0 Å². The van der Waals surface area contributed by atoms with Crippen LogP contribution in [0.1, 0.15) is 52.0 Å². The van der Waals surface area contributed by atoms with Crippen molar-refractivity contribution in [2.75, 3.05) is 31.5 Å². The fourth-order valence-corrected chi connectivity index (χ4v) is 2.81. The van der Waals surface area contributed by atoms with Crippen molar-refractivity contribution < 1.29 is 0 Å². The SMILES string of the molecule is CC(C)(C)c1cccc(NCCCN2CCCCC2)c1. The summed E-state index contributed by atoms with van der Waals surface area (Å²) in [5.74, 6) is 0. The first-order chi connectivity index (χ1) is 9.55. The monoisotopic (exact) mass is 274 g/mol. The summed E-state index contributed by atoms with van der Waals surface area (Å²) >= 11 is 0. The van der Waals surface area contributed by atoms with Crippen molar-refractivity contribution >= 4 is 5.69 Å². The molecular weight excluding hydrogens is 244 g/mol. The van der Waals surface area contributed by atoms with Crippen molar-refractivity contribution in [1.82, 2.24) is 4.90 Å². The number of nitrogens with zero attached hydrogens (tertiary/aromatic N) is 1. The summed E-state index contributed by atoms with van der Waals surface area (Å²) in [6, 6.07) is 8.85. The fraction of sp³-hybridized carbons (Fsp3) is 0.667. The van der Waals surface area contributed by atoms with Gasteiger partial charge in [-0.25, -0.2) is 0 Å². The molecule has 112 valence electrons. The Balaban J connectivity index is 1.73. The zero-order valence-electron chi connectivity index (χ0n) is 13.4. The van der Waals surface area contributed by atoms with Crippen LogP contribution in [0, 0.1) is 0 Å². The Morgan fingerprint density at radius 1 is 1.10 bits per heavy atom. The predicted molar refractivity (Wildman–Crippen MR) is 88.5 cm³/mol. The summed E-state index contributed by atoms with van der Waals surface area (Å²) < 4.78 is 0. The number of benzene rings is 1. The second kappa shape index (κ2) is 7.12. The fourth-order valence-electron chi connectivity index (χ4n) is 2.81. The van der Waals surface area contributed by atoms with Gasteiger partial charge in [0.2, 0.25) is 0 Å². The molecule has 0 radical (unpaired) electrons. The van der Waals surface area contributed by atoms with Gasteiger partial charge in [-0.05, 0) is 62.0 Å². The predicted octanol–water partition coefficient (Wildman–Crippen LogP) is 4.27. The van der Waals surface area contributed by atoms with E-state index in [1.165, 1.54) is 56.6 Å². The van der Waals surface area contributed by atoms with Gasteiger partial charge in [-0.2, -0.15) is 0 Å². The number of likely N-dealkylation sites (tertiary alicyclic amines) is 1. The molecule has 2 nitrogen and oxygen atoms in total. The standard InChI is InChI=1S/C18H30N2/c1-18(2,3)16-9-7-10-17(15-16)19-11-8-14-20-12-5-4-6-13-20/h7,9-10,15,19H,4-6,8,11-14H2,1-3H3. The van der Waals surface area contributed by atoms with Gasteiger partial charge in [0, 0.05) is 12.2 Å². The van der Waals surface area contributed by atoms with Crippen molar-refractivity contribution in [3.63, 3.8) is 0 Å². The van der Waals surface area contributed by atoms with Crippen LogP contribution in [0.4, 0.5) is 5.69 Å². The highest BCUT2D eigenvalue weighted by molar-refractivity contribution is 5.47. The molecule has 1 heterocycles. The maximum Gasteiger partial charge on any atom is 0.0343 e. The normalized spacial score (nSPS) is 17.1. The van der Waals surface area contributed by atoms with E-state index in [1.54, 1.807) is 0 Å². The lowest BCUT2D eigenvalue weighted by Gasteiger charge is -2.26. The molecule has 1 fully saturated rings. The summed E-state index contributed by atoms with van der Waals surface area (Å²) in [7, 11) is 0. The average molecular weight is 274 g/mol. The van der Waals surface area contributed by atoms with Gasteiger partial charge in [0.1, 0.15) is 0 Å². The topological polar surface area (TPSA) is 15.3 Å². The highest BCUT2D eigenvalue weighted by atomic mass is 15.1. The van der Waals surface area contributed by atoms with Gasteiger partial charge < -0.3 is 10.2 Å². The van der Waals surface area contributed by atoms with Crippen LogP contribution < -0.4 is 5.32 Å². The number of hydrogen-bond donors (Lipinski definition) is 1. The quantitative estimate of drug-likeness (QED) is 0.807. The van der Waals surface area contributed by atoms with Gasteiger partial charge in [-0.15, -0.1) is 0 Å². The smallest absolute Gasteiger partial charge is 0.0343 e. The van der Waals surface area contributed by atoms with Gasteiger partial charge in [0.25, 0.3) is 0 Å². The van der Waals surface area contributed by atoms with E-state index in [2.05, 4.69) is 55.3 Å². The third-order valence-electron chi connectivity index (χ3n) is 4.16. The van der Waals surface area contributed by atoms with Crippen LogP contribution in [0.15, 0.2) is 24.3 Å². The lowest BCUT2D eigenvalue weighted by molar-refractivity contribution is 0.228. The van der Waals surface area contributed by atoms with E-state index in [0.29, 0.717) is 0 Å². The molecule has 20 heavy (non-hydrogen) atoms.